The number of nitrogens with one attached hydrogen (secondary N) is 1. The molecule has 2 aromatic carbocycles. The molecule has 0 aromatic heterocycles. The Hall–Kier alpha value is -1.02. The van der Waals surface area contributed by atoms with Gasteiger partial charge in [0, 0.05) is 12.1 Å². The molecule has 0 fully saturated rings. The van der Waals surface area contributed by atoms with Crippen LogP contribution in [0.3, 0.4) is 0 Å². The highest BCUT2D eigenvalue weighted by Crippen LogP contribution is 2.31. The van der Waals surface area contributed by atoms with Crippen molar-refractivity contribution in [3.63, 3.8) is 0 Å². The van der Waals surface area contributed by atoms with E-state index in [-0.39, 0.29) is 12.1 Å². The van der Waals surface area contributed by atoms with E-state index in [0.717, 1.165) is 5.56 Å². The predicted octanol–water partition coefficient (Wildman–Crippen LogP) is 5.71. The molecule has 0 aliphatic carbocycles. The highest BCUT2D eigenvalue weighted by Gasteiger charge is 2.14. The van der Waals surface area contributed by atoms with E-state index in [1.54, 1.807) is 0 Å². The smallest absolute Gasteiger partial charge is 0.0639 e. The molecule has 1 N–H and O–H groups in total. The van der Waals surface area contributed by atoms with Crippen molar-refractivity contribution < 1.29 is 0 Å². The molecule has 0 radical (unpaired) electrons. The van der Waals surface area contributed by atoms with Crippen LogP contribution in [0.4, 0.5) is 0 Å². The lowest BCUT2D eigenvalue weighted by Crippen LogP contribution is -2.22. The summed E-state index contributed by atoms with van der Waals surface area (Å²) in [5.74, 6) is 0. The minimum atomic E-state index is 0.137. The maximum Gasteiger partial charge on any atom is 0.0639 e. The van der Waals surface area contributed by atoms with E-state index in [9.17, 15) is 0 Å². The van der Waals surface area contributed by atoms with Gasteiger partial charge in [-0.1, -0.05) is 65.2 Å². The van der Waals surface area contributed by atoms with Crippen molar-refractivity contribution in [3.05, 3.63) is 69.2 Å². The number of hydrogen-bond acceptors (Lipinski definition) is 1. The summed E-state index contributed by atoms with van der Waals surface area (Å²) in [6.45, 7) is 6.35. The van der Waals surface area contributed by atoms with Gasteiger partial charge in [0.05, 0.1) is 10.0 Å². The average Bonchev–Trinajstić information content (AvgIpc) is 2.42. The van der Waals surface area contributed by atoms with E-state index in [4.69, 9.17) is 23.2 Å². The van der Waals surface area contributed by atoms with E-state index in [1.165, 1.54) is 11.1 Å². The summed E-state index contributed by atoms with van der Waals surface area (Å²) >= 11 is 12.3. The Bertz CT molecular complexity index is 578. The second-order valence-corrected chi connectivity index (χ2v) is 5.95. The zero-order valence-electron chi connectivity index (χ0n) is 12.0. The molecule has 3 heteroatoms. The van der Waals surface area contributed by atoms with Gasteiger partial charge in [0.25, 0.3) is 0 Å². The van der Waals surface area contributed by atoms with Gasteiger partial charge in [-0.2, -0.15) is 0 Å². The Labute approximate surface area is 130 Å². The van der Waals surface area contributed by atoms with Gasteiger partial charge in [0.15, 0.2) is 0 Å². The molecule has 0 spiro atoms. The van der Waals surface area contributed by atoms with Crippen LogP contribution < -0.4 is 5.32 Å². The first-order valence-corrected chi connectivity index (χ1v) is 7.51. The van der Waals surface area contributed by atoms with Gasteiger partial charge in [-0.25, -0.2) is 0 Å². The molecule has 0 heterocycles. The normalized spacial score (nSPS) is 14.1. The first-order valence-electron chi connectivity index (χ1n) is 6.75. The Morgan fingerprint density at radius 3 is 2.20 bits per heavy atom. The van der Waals surface area contributed by atoms with Gasteiger partial charge in [-0.15, -0.1) is 0 Å². The summed E-state index contributed by atoms with van der Waals surface area (Å²) in [5.41, 5.74) is 3.56. The standard InChI is InChI=1S/C17H19Cl2N/c1-11-7-9-14(10-8-11)12(2)20-13(3)15-5-4-6-16(18)17(15)19/h4-10,12-13,20H,1-3H3. The zero-order chi connectivity index (χ0) is 14.7. The van der Waals surface area contributed by atoms with Crippen LogP contribution in [0.5, 0.6) is 0 Å². The molecule has 0 bridgehead atoms. The highest BCUT2D eigenvalue weighted by atomic mass is 35.5. The fraction of sp³-hybridized carbons (Fsp3) is 0.294. The third-order valence-electron chi connectivity index (χ3n) is 3.53. The molecule has 0 saturated carbocycles. The van der Waals surface area contributed by atoms with Crippen LogP contribution in [0.25, 0.3) is 0 Å². The van der Waals surface area contributed by atoms with Crippen LogP contribution in [0.1, 0.15) is 42.6 Å². The van der Waals surface area contributed by atoms with E-state index in [0.29, 0.717) is 10.0 Å². The molecule has 2 atom stereocenters. The predicted molar refractivity (Wildman–Crippen MR) is 87.6 cm³/mol. The summed E-state index contributed by atoms with van der Waals surface area (Å²) in [5, 5.41) is 4.78. The van der Waals surface area contributed by atoms with Gasteiger partial charge in [-0.3, -0.25) is 0 Å². The minimum Gasteiger partial charge on any atom is -0.304 e. The quantitative estimate of drug-likeness (QED) is 0.762. The third-order valence-corrected chi connectivity index (χ3v) is 4.36. The number of halogens is 2. The van der Waals surface area contributed by atoms with Crippen LogP contribution in [-0.2, 0) is 0 Å². The lowest BCUT2D eigenvalue weighted by molar-refractivity contribution is 0.495. The fourth-order valence-electron chi connectivity index (χ4n) is 2.27. The molecule has 106 valence electrons. The number of rotatable bonds is 4. The van der Waals surface area contributed by atoms with Crippen LogP contribution in [0.2, 0.25) is 10.0 Å². The minimum absolute atomic E-state index is 0.137. The fourth-order valence-corrected chi connectivity index (χ4v) is 2.74. The summed E-state index contributed by atoms with van der Waals surface area (Å²) < 4.78 is 0. The van der Waals surface area contributed by atoms with Gasteiger partial charge in [-0.05, 0) is 38.0 Å². The molecule has 2 rings (SSSR count). The summed E-state index contributed by atoms with van der Waals surface area (Å²) in [7, 11) is 0. The lowest BCUT2D eigenvalue weighted by Gasteiger charge is -2.22. The third kappa shape index (κ3) is 3.54. The van der Waals surface area contributed by atoms with Gasteiger partial charge in [0.2, 0.25) is 0 Å². The van der Waals surface area contributed by atoms with Crippen molar-refractivity contribution in [1.29, 1.82) is 0 Å². The van der Waals surface area contributed by atoms with Gasteiger partial charge < -0.3 is 5.32 Å². The van der Waals surface area contributed by atoms with Crippen molar-refractivity contribution in [1.82, 2.24) is 5.32 Å². The van der Waals surface area contributed by atoms with E-state index in [2.05, 4.69) is 50.4 Å². The summed E-state index contributed by atoms with van der Waals surface area (Å²) in [6, 6.07) is 14.7. The Kier molecular flexibility index (Phi) is 5.09. The zero-order valence-corrected chi connectivity index (χ0v) is 13.5. The van der Waals surface area contributed by atoms with Crippen molar-refractivity contribution in [3.8, 4) is 0 Å². The molecular weight excluding hydrogens is 289 g/mol. The maximum absolute atomic E-state index is 6.27. The van der Waals surface area contributed by atoms with Crippen LogP contribution in [-0.4, -0.2) is 0 Å². The van der Waals surface area contributed by atoms with Crippen molar-refractivity contribution in [2.24, 2.45) is 0 Å². The lowest BCUT2D eigenvalue weighted by atomic mass is 10.0. The SMILES string of the molecule is Cc1ccc(C(C)NC(C)c2cccc(Cl)c2Cl)cc1. The van der Waals surface area contributed by atoms with Crippen molar-refractivity contribution in [2.45, 2.75) is 32.9 Å². The van der Waals surface area contributed by atoms with E-state index >= 15 is 0 Å². The molecule has 2 aromatic rings. The second kappa shape index (κ2) is 6.62. The number of aryl methyl sites for hydroxylation is 1. The van der Waals surface area contributed by atoms with E-state index < -0.39 is 0 Å². The first kappa shape index (κ1) is 15.4. The van der Waals surface area contributed by atoms with E-state index in [1.807, 2.05) is 18.2 Å². The highest BCUT2D eigenvalue weighted by molar-refractivity contribution is 6.42. The van der Waals surface area contributed by atoms with Crippen molar-refractivity contribution in [2.75, 3.05) is 0 Å². The molecule has 1 nitrogen and oxygen atoms in total. The van der Waals surface area contributed by atoms with Crippen LogP contribution in [0, 0.1) is 6.92 Å². The molecule has 0 aliphatic heterocycles. The second-order valence-electron chi connectivity index (χ2n) is 5.16. The van der Waals surface area contributed by atoms with Crippen LogP contribution >= 0.6 is 23.2 Å². The topological polar surface area (TPSA) is 12.0 Å². The Morgan fingerprint density at radius 1 is 0.900 bits per heavy atom. The first-order chi connectivity index (χ1) is 9.49. The molecule has 0 saturated heterocycles. The molecular formula is C17H19Cl2N. The molecule has 0 amide bonds. The van der Waals surface area contributed by atoms with Gasteiger partial charge in [0.1, 0.15) is 0 Å². The molecule has 0 aliphatic rings. The molecule has 20 heavy (non-hydrogen) atoms. The Balaban J connectivity index is 2.13. The summed E-state index contributed by atoms with van der Waals surface area (Å²) in [6.07, 6.45) is 0. The largest absolute Gasteiger partial charge is 0.304 e. The number of hydrogen-bond donors (Lipinski definition) is 1. The summed E-state index contributed by atoms with van der Waals surface area (Å²) in [4.78, 5) is 0. The van der Waals surface area contributed by atoms with Gasteiger partial charge >= 0.3 is 0 Å². The Morgan fingerprint density at radius 2 is 1.55 bits per heavy atom. The molecule has 2 unspecified atom stereocenters. The monoisotopic (exact) mass is 307 g/mol. The van der Waals surface area contributed by atoms with Crippen LogP contribution in [0.15, 0.2) is 42.5 Å². The maximum atomic E-state index is 6.27. The van der Waals surface area contributed by atoms with Crippen molar-refractivity contribution >= 4 is 23.2 Å². The average molecular weight is 308 g/mol. The number of benzene rings is 2.